The van der Waals surface area contributed by atoms with E-state index in [1.807, 2.05) is 0 Å². The van der Waals surface area contributed by atoms with Crippen LogP contribution in [0.15, 0.2) is 6.20 Å². The molecule has 0 fully saturated rings. The van der Waals surface area contributed by atoms with E-state index in [0.717, 1.165) is 4.88 Å². The van der Waals surface area contributed by atoms with Gasteiger partial charge in [-0.15, -0.1) is 11.3 Å². The Bertz CT molecular complexity index is 267. The second-order valence-electron chi connectivity index (χ2n) is 2.59. The van der Waals surface area contributed by atoms with Crippen LogP contribution in [0.2, 0.25) is 0 Å². The predicted octanol–water partition coefficient (Wildman–Crippen LogP) is 1.37. The minimum Gasteiger partial charge on any atom is -0.364 e. The molecule has 4 heteroatoms. The van der Waals surface area contributed by atoms with E-state index in [9.17, 15) is 4.79 Å². The van der Waals surface area contributed by atoms with Crippen LogP contribution in [0.25, 0.3) is 0 Å². The largest absolute Gasteiger partial charge is 0.364 e. The first kappa shape index (κ1) is 8.20. The average molecular weight is 170 g/mol. The molecule has 0 saturated carbocycles. The lowest BCUT2D eigenvalue weighted by Gasteiger charge is -1.95. The quantitative estimate of drug-likeness (QED) is 0.728. The van der Waals surface area contributed by atoms with Crippen molar-refractivity contribution in [3.63, 3.8) is 0 Å². The van der Waals surface area contributed by atoms with Crippen LogP contribution in [-0.4, -0.2) is 10.9 Å². The number of nitrogens with zero attached hydrogens (tertiary/aromatic N) is 1. The van der Waals surface area contributed by atoms with Crippen LogP contribution >= 0.6 is 11.3 Å². The molecule has 1 heterocycles. The van der Waals surface area contributed by atoms with E-state index in [-0.39, 0.29) is 0 Å². The number of aromatic nitrogens is 1. The summed E-state index contributed by atoms with van der Waals surface area (Å²) in [6, 6.07) is 0. The average Bonchev–Trinajstić information content (AvgIpc) is 2.33. The van der Waals surface area contributed by atoms with Gasteiger partial charge in [0.2, 0.25) is 0 Å². The summed E-state index contributed by atoms with van der Waals surface area (Å²) in [6.07, 6.45) is 1.70. The molecule has 0 aliphatic heterocycles. The lowest BCUT2D eigenvalue weighted by Crippen LogP contribution is -2.09. The fourth-order valence-electron chi connectivity index (χ4n) is 0.667. The van der Waals surface area contributed by atoms with Gasteiger partial charge >= 0.3 is 0 Å². The standard InChI is InChI=1S/C7H10N2OS/c1-4(2)5-3-9-7(11-5)6(8)10/h3-4H,1-2H3,(H2,8,10). The summed E-state index contributed by atoms with van der Waals surface area (Å²) < 4.78 is 0. The van der Waals surface area contributed by atoms with Gasteiger partial charge in [0.1, 0.15) is 0 Å². The van der Waals surface area contributed by atoms with Crippen LogP contribution in [0.3, 0.4) is 0 Å². The number of thiazole rings is 1. The van der Waals surface area contributed by atoms with Crippen LogP contribution in [-0.2, 0) is 0 Å². The topological polar surface area (TPSA) is 56.0 Å². The molecule has 0 aromatic carbocycles. The number of amides is 1. The SMILES string of the molecule is CC(C)c1cnc(C(N)=O)s1. The van der Waals surface area contributed by atoms with E-state index >= 15 is 0 Å². The van der Waals surface area contributed by atoms with Crippen LogP contribution in [0, 0.1) is 0 Å². The van der Waals surface area contributed by atoms with Crippen molar-refractivity contribution < 1.29 is 4.79 Å². The van der Waals surface area contributed by atoms with Crippen molar-refractivity contribution in [3.8, 4) is 0 Å². The van der Waals surface area contributed by atoms with Crippen molar-refractivity contribution in [1.29, 1.82) is 0 Å². The van der Waals surface area contributed by atoms with Crippen molar-refractivity contribution in [2.75, 3.05) is 0 Å². The van der Waals surface area contributed by atoms with Gasteiger partial charge in [-0.2, -0.15) is 0 Å². The van der Waals surface area contributed by atoms with Crippen molar-refractivity contribution in [3.05, 3.63) is 16.1 Å². The molecule has 0 unspecified atom stereocenters. The van der Waals surface area contributed by atoms with Gasteiger partial charge in [0.15, 0.2) is 5.01 Å². The summed E-state index contributed by atoms with van der Waals surface area (Å²) >= 11 is 1.36. The highest BCUT2D eigenvalue weighted by Gasteiger charge is 2.08. The fraction of sp³-hybridized carbons (Fsp3) is 0.429. The van der Waals surface area contributed by atoms with E-state index in [1.165, 1.54) is 11.3 Å². The van der Waals surface area contributed by atoms with Crippen molar-refractivity contribution in [2.24, 2.45) is 5.73 Å². The molecule has 2 N–H and O–H groups in total. The zero-order chi connectivity index (χ0) is 8.43. The summed E-state index contributed by atoms with van der Waals surface area (Å²) in [7, 11) is 0. The molecule has 0 aliphatic carbocycles. The highest BCUT2D eigenvalue weighted by molar-refractivity contribution is 7.13. The first-order chi connectivity index (χ1) is 5.11. The Morgan fingerprint density at radius 2 is 2.36 bits per heavy atom. The first-order valence-corrected chi connectivity index (χ1v) is 4.18. The van der Waals surface area contributed by atoms with Crippen LogP contribution in [0.1, 0.15) is 34.4 Å². The Kier molecular flexibility index (Phi) is 2.24. The summed E-state index contributed by atoms with van der Waals surface area (Å²) in [6.45, 7) is 4.11. The number of primary amides is 1. The van der Waals surface area contributed by atoms with E-state index in [1.54, 1.807) is 6.20 Å². The van der Waals surface area contributed by atoms with Crippen LogP contribution in [0.5, 0.6) is 0 Å². The Hall–Kier alpha value is -0.900. The van der Waals surface area contributed by atoms with E-state index in [2.05, 4.69) is 18.8 Å². The molecular weight excluding hydrogens is 160 g/mol. The van der Waals surface area contributed by atoms with Crippen LogP contribution in [0.4, 0.5) is 0 Å². The second-order valence-corrected chi connectivity index (χ2v) is 3.65. The van der Waals surface area contributed by atoms with E-state index < -0.39 is 5.91 Å². The van der Waals surface area contributed by atoms with Gasteiger partial charge in [0.05, 0.1) is 0 Å². The Labute approximate surface area is 69.3 Å². The van der Waals surface area contributed by atoms with Gasteiger partial charge in [-0.05, 0) is 5.92 Å². The maximum absolute atomic E-state index is 10.6. The predicted molar refractivity (Wildman–Crippen MR) is 44.7 cm³/mol. The molecule has 0 saturated heterocycles. The Morgan fingerprint density at radius 3 is 2.64 bits per heavy atom. The molecule has 0 radical (unpaired) electrons. The lowest BCUT2D eigenvalue weighted by molar-refractivity contribution is 0.1000. The van der Waals surface area contributed by atoms with E-state index in [0.29, 0.717) is 10.9 Å². The molecule has 1 aromatic rings. The van der Waals surface area contributed by atoms with Crippen molar-refractivity contribution in [1.82, 2.24) is 4.98 Å². The van der Waals surface area contributed by atoms with Crippen molar-refractivity contribution >= 4 is 17.2 Å². The number of carbonyl (C=O) groups is 1. The molecule has 11 heavy (non-hydrogen) atoms. The molecule has 0 bridgehead atoms. The van der Waals surface area contributed by atoms with Gasteiger partial charge in [0, 0.05) is 11.1 Å². The Morgan fingerprint density at radius 1 is 1.73 bits per heavy atom. The molecule has 0 atom stereocenters. The molecule has 0 aliphatic rings. The second kappa shape index (κ2) is 3.00. The molecule has 1 aromatic heterocycles. The number of hydrogen-bond donors (Lipinski definition) is 1. The summed E-state index contributed by atoms with van der Waals surface area (Å²) in [5.41, 5.74) is 5.04. The van der Waals surface area contributed by atoms with Gasteiger partial charge in [-0.3, -0.25) is 4.79 Å². The number of carbonyl (C=O) groups excluding carboxylic acids is 1. The van der Waals surface area contributed by atoms with Crippen molar-refractivity contribution in [2.45, 2.75) is 19.8 Å². The minimum absolute atomic E-state index is 0.397. The summed E-state index contributed by atoms with van der Waals surface area (Å²) in [5, 5.41) is 0.397. The highest BCUT2D eigenvalue weighted by atomic mass is 32.1. The molecule has 1 amide bonds. The summed E-state index contributed by atoms with van der Waals surface area (Å²) in [5.74, 6) is -0.0255. The number of hydrogen-bond acceptors (Lipinski definition) is 3. The molecule has 3 nitrogen and oxygen atoms in total. The molecule has 0 spiro atoms. The fourth-order valence-corrected chi connectivity index (χ4v) is 1.44. The van der Waals surface area contributed by atoms with Gasteiger partial charge in [-0.1, -0.05) is 13.8 Å². The zero-order valence-corrected chi connectivity index (χ0v) is 7.31. The van der Waals surface area contributed by atoms with Gasteiger partial charge < -0.3 is 5.73 Å². The number of rotatable bonds is 2. The third kappa shape index (κ3) is 1.77. The zero-order valence-electron chi connectivity index (χ0n) is 6.50. The minimum atomic E-state index is -0.443. The normalized spacial score (nSPS) is 10.5. The molecule has 1 rings (SSSR count). The van der Waals surface area contributed by atoms with E-state index in [4.69, 9.17) is 5.73 Å². The summed E-state index contributed by atoms with van der Waals surface area (Å²) in [4.78, 5) is 15.6. The maximum Gasteiger partial charge on any atom is 0.277 e. The molecular formula is C7H10N2OS. The van der Waals surface area contributed by atoms with Gasteiger partial charge in [0.25, 0.3) is 5.91 Å². The monoisotopic (exact) mass is 170 g/mol. The third-order valence-electron chi connectivity index (χ3n) is 1.30. The van der Waals surface area contributed by atoms with Gasteiger partial charge in [-0.25, -0.2) is 4.98 Å². The lowest BCUT2D eigenvalue weighted by atomic mass is 10.2. The molecule has 60 valence electrons. The van der Waals surface area contributed by atoms with Crippen LogP contribution < -0.4 is 5.73 Å². The Balaban J connectivity index is 2.90. The smallest absolute Gasteiger partial charge is 0.277 e. The third-order valence-corrected chi connectivity index (χ3v) is 2.62. The maximum atomic E-state index is 10.6. The highest BCUT2D eigenvalue weighted by Crippen LogP contribution is 2.20. The number of nitrogens with two attached hydrogens (primary N) is 1. The first-order valence-electron chi connectivity index (χ1n) is 3.36.